The molecule has 1 heterocycles. The predicted octanol–water partition coefficient (Wildman–Crippen LogP) is 3.15. The summed E-state index contributed by atoms with van der Waals surface area (Å²) in [5.41, 5.74) is 2.46. The molecule has 1 aromatic carbocycles. The molecule has 1 aromatic heterocycles. The number of nitrogens with zero attached hydrogens (tertiary/aromatic N) is 1. The minimum absolute atomic E-state index is 0.136. The van der Waals surface area contributed by atoms with Crippen molar-refractivity contribution in [1.82, 2.24) is 10.3 Å². The number of rotatable bonds is 6. The molecule has 0 aliphatic heterocycles. The van der Waals surface area contributed by atoms with Gasteiger partial charge in [0.15, 0.2) is 0 Å². The standard InChI is InChI=1S/C18H22N2O2/c1-13(2)22-16-9-7-15(8-10-16)11-12-19-18(21)17-6-4-5-14(3)20-17/h4-10,13H,11-12H2,1-3H3,(H,19,21). The van der Waals surface area contributed by atoms with Gasteiger partial charge in [-0.25, -0.2) is 4.98 Å². The Morgan fingerprint density at radius 2 is 1.91 bits per heavy atom. The second kappa shape index (κ2) is 7.59. The van der Waals surface area contributed by atoms with Crippen molar-refractivity contribution in [1.29, 1.82) is 0 Å². The van der Waals surface area contributed by atoms with Crippen LogP contribution in [0.5, 0.6) is 5.75 Å². The number of aryl methyl sites for hydroxylation is 1. The largest absolute Gasteiger partial charge is 0.491 e. The zero-order chi connectivity index (χ0) is 15.9. The van der Waals surface area contributed by atoms with E-state index in [9.17, 15) is 4.79 Å². The predicted molar refractivity (Wildman–Crippen MR) is 87.2 cm³/mol. The molecule has 1 N–H and O–H groups in total. The van der Waals surface area contributed by atoms with Crippen LogP contribution in [0.1, 0.15) is 35.6 Å². The highest BCUT2D eigenvalue weighted by Crippen LogP contribution is 2.14. The van der Waals surface area contributed by atoms with Crippen LogP contribution in [0.25, 0.3) is 0 Å². The number of amides is 1. The lowest BCUT2D eigenvalue weighted by Gasteiger charge is -2.10. The first-order chi connectivity index (χ1) is 10.5. The smallest absolute Gasteiger partial charge is 0.269 e. The van der Waals surface area contributed by atoms with Crippen molar-refractivity contribution in [2.45, 2.75) is 33.3 Å². The van der Waals surface area contributed by atoms with Crippen LogP contribution in [0.3, 0.4) is 0 Å². The van der Waals surface area contributed by atoms with Crippen LogP contribution in [-0.2, 0) is 6.42 Å². The molecular weight excluding hydrogens is 276 g/mol. The van der Waals surface area contributed by atoms with Gasteiger partial charge in [0.05, 0.1) is 6.10 Å². The number of pyridine rings is 1. The number of carbonyl (C=O) groups excluding carboxylic acids is 1. The molecule has 0 atom stereocenters. The molecule has 2 rings (SSSR count). The molecule has 2 aromatic rings. The normalized spacial score (nSPS) is 10.5. The lowest BCUT2D eigenvalue weighted by Crippen LogP contribution is -2.26. The molecule has 0 spiro atoms. The van der Waals surface area contributed by atoms with Crippen LogP contribution in [0.4, 0.5) is 0 Å². The van der Waals surface area contributed by atoms with Crippen LogP contribution in [0.2, 0.25) is 0 Å². The number of aromatic nitrogens is 1. The number of carbonyl (C=O) groups is 1. The Labute approximate surface area is 131 Å². The van der Waals surface area contributed by atoms with Gasteiger partial charge >= 0.3 is 0 Å². The molecule has 0 saturated carbocycles. The van der Waals surface area contributed by atoms with Crippen LogP contribution < -0.4 is 10.1 Å². The van der Waals surface area contributed by atoms with Gasteiger partial charge in [0.25, 0.3) is 5.91 Å². The second-order valence-corrected chi connectivity index (χ2v) is 5.48. The number of benzene rings is 1. The molecule has 116 valence electrons. The molecule has 4 nitrogen and oxygen atoms in total. The van der Waals surface area contributed by atoms with E-state index in [4.69, 9.17) is 4.74 Å². The third-order valence-corrected chi connectivity index (χ3v) is 3.12. The number of hydrogen-bond acceptors (Lipinski definition) is 3. The fourth-order valence-electron chi connectivity index (χ4n) is 2.09. The third kappa shape index (κ3) is 4.88. The van der Waals surface area contributed by atoms with E-state index in [0.717, 1.165) is 23.4 Å². The lowest BCUT2D eigenvalue weighted by atomic mass is 10.1. The second-order valence-electron chi connectivity index (χ2n) is 5.48. The van der Waals surface area contributed by atoms with E-state index in [1.54, 1.807) is 6.07 Å². The Bertz CT molecular complexity index is 621. The maximum Gasteiger partial charge on any atom is 0.269 e. The molecule has 0 aliphatic carbocycles. The van der Waals surface area contributed by atoms with Gasteiger partial charge in [-0.1, -0.05) is 18.2 Å². The first-order valence-corrected chi connectivity index (χ1v) is 7.52. The van der Waals surface area contributed by atoms with Crippen LogP contribution in [0, 0.1) is 6.92 Å². The topological polar surface area (TPSA) is 51.2 Å². The Hall–Kier alpha value is -2.36. The van der Waals surface area contributed by atoms with E-state index < -0.39 is 0 Å². The van der Waals surface area contributed by atoms with E-state index in [1.807, 2.05) is 57.2 Å². The van der Waals surface area contributed by atoms with Gasteiger partial charge in [-0.15, -0.1) is 0 Å². The van der Waals surface area contributed by atoms with Gasteiger partial charge in [0.2, 0.25) is 0 Å². The molecule has 0 saturated heterocycles. The van der Waals surface area contributed by atoms with Gasteiger partial charge in [-0.05, 0) is 57.0 Å². The summed E-state index contributed by atoms with van der Waals surface area (Å²) in [6.07, 6.45) is 0.950. The number of hydrogen-bond donors (Lipinski definition) is 1. The van der Waals surface area contributed by atoms with E-state index in [2.05, 4.69) is 10.3 Å². The van der Waals surface area contributed by atoms with Crippen molar-refractivity contribution in [3.05, 3.63) is 59.4 Å². The molecule has 0 unspecified atom stereocenters. The Balaban J connectivity index is 1.82. The molecular formula is C18H22N2O2. The fourth-order valence-corrected chi connectivity index (χ4v) is 2.09. The average molecular weight is 298 g/mol. The van der Waals surface area contributed by atoms with Crippen molar-refractivity contribution >= 4 is 5.91 Å². The van der Waals surface area contributed by atoms with Gasteiger partial charge in [0.1, 0.15) is 11.4 Å². The van der Waals surface area contributed by atoms with E-state index in [0.29, 0.717) is 12.2 Å². The molecule has 0 bridgehead atoms. The highest BCUT2D eigenvalue weighted by molar-refractivity contribution is 5.92. The van der Waals surface area contributed by atoms with Gasteiger partial charge in [-0.3, -0.25) is 4.79 Å². The summed E-state index contributed by atoms with van der Waals surface area (Å²) in [4.78, 5) is 16.2. The zero-order valence-corrected chi connectivity index (χ0v) is 13.3. The van der Waals surface area contributed by atoms with Crippen LogP contribution in [-0.4, -0.2) is 23.5 Å². The van der Waals surface area contributed by atoms with Crippen LogP contribution >= 0.6 is 0 Å². The molecule has 0 fully saturated rings. The highest BCUT2D eigenvalue weighted by Gasteiger charge is 2.06. The molecule has 22 heavy (non-hydrogen) atoms. The summed E-state index contributed by atoms with van der Waals surface area (Å²) in [7, 11) is 0. The van der Waals surface area contributed by atoms with Gasteiger partial charge in [0, 0.05) is 12.2 Å². The zero-order valence-electron chi connectivity index (χ0n) is 13.3. The Morgan fingerprint density at radius 3 is 2.55 bits per heavy atom. The van der Waals surface area contributed by atoms with E-state index >= 15 is 0 Å². The summed E-state index contributed by atoms with van der Waals surface area (Å²) in [5.74, 6) is 0.732. The fraction of sp³-hybridized carbons (Fsp3) is 0.333. The maximum atomic E-state index is 12.0. The maximum absolute atomic E-state index is 12.0. The number of nitrogens with one attached hydrogen (secondary N) is 1. The summed E-state index contributed by atoms with van der Waals surface area (Å²) < 4.78 is 5.60. The molecule has 1 amide bonds. The molecule has 0 aliphatic rings. The van der Waals surface area contributed by atoms with Crippen molar-refractivity contribution in [3.63, 3.8) is 0 Å². The minimum Gasteiger partial charge on any atom is -0.491 e. The van der Waals surface area contributed by atoms with Crippen molar-refractivity contribution < 1.29 is 9.53 Å². The third-order valence-electron chi connectivity index (χ3n) is 3.12. The molecule has 0 radical (unpaired) electrons. The highest BCUT2D eigenvalue weighted by atomic mass is 16.5. The summed E-state index contributed by atoms with van der Waals surface area (Å²) >= 11 is 0. The van der Waals surface area contributed by atoms with Crippen molar-refractivity contribution in [2.24, 2.45) is 0 Å². The monoisotopic (exact) mass is 298 g/mol. The molecule has 4 heteroatoms. The quantitative estimate of drug-likeness (QED) is 0.891. The Kier molecular flexibility index (Phi) is 5.53. The van der Waals surface area contributed by atoms with Gasteiger partial charge in [-0.2, -0.15) is 0 Å². The van der Waals surface area contributed by atoms with Crippen LogP contribution in [0.15, 0.2) is 42.5 Å². The summed E-state index contributed by atoms with van der Waals surface area (Å²) in [5, 5.41) is 2.89. The van der Waals surface area contributed by atoms with Gasteiger partial charge < -0.3 is 10.1 Å². The minimum atomic E-state index is -0.136. The number of ether oxygens (including phenoxy) is 1. The van der Waals surface area contributed by atoms with Crippen molar-refractivity contribution in [3.8, 4) is 5.75 Å². The van der Waals surface area contributed by atoms with E-state index in [1.165, 1.54) is 0 Å². The summed E-state index contributed by atoms with van der Waals surface area (Å²) in [6, 6.07) is 13.4. The average Bonchev–Trinajstić information content (AvgIpc) is 2.48. The Morgan fingerprint density at radius 1 is 1.18 bits per heavy atom. The van der Waals surface area contributed by atoms with E-state index in [-0.39, 0.29) is 12.0 Å². The first-order valence-electron chi connectivity index (χ1n) is 7.52. The van der Waals surface area contributed by atoms with Crippen molar-refractivity contribution in [2.75, 3.05) is 6.54 Å². The SMILES string of the molecule is Cc1cccc(C(=O)NCCc2ccc(OC(C)C)cc2)n1. The summed E-state index contributed by atoms with van der Waals surface area (Å²) in [6.45, 7) is 6.46. The first kappa shape index (κ1) is 16.0. The lowest BCUT2D eigenvalue weighted by molar-refractivity contribution is 0.0949.